The topological polar surface area (TPSA) is 64.1 Å². The molecule has 0 bridgehead atoms. The number of nitrogens with zero attached hydrogens (tertiary/aromatic N) is 2. The average molecular weight is 369 g/mol. The Bertz CT molecular complexity index is 1170. The lowest BCUT2D eigenvalue weighted by atomic mass is 9.96. The lowest BCUT2D eigenvalue weighted by Crippen LogP contribution is -2.15. The van der Waals surface area contributed by atoms with E-state index in [1.807, 2.05) is 49.4 Å². The van der Waals surface area contributed by atoms with Crippen LogP contribution in [0.25, 0.3) is 22.0 Å². The summed E-state index contributed by atoms with van der Waals surface area (Å²) in [5, 5.41) is 3.94. The van der Waals surface area contributed by atoms with Crippen LogP contribution in [0, 0.1) is 6.92 Å². The molecule has 4 rings (SSSR count). The first kappa shape index (κ1) is 17.7. The van der Waals surface area contributed by atoms with E-state index in [0.717, 1.165) is 27.6 Å². The molecule has 28 heavy (non-hydrogen) atoms. The van der Waals surface area contributed by atoms with Gasteiger partial charge in [0.1, 0.15) is 5.75 Å². The molecule has 0 saturated carbocycles. The van der Waals surface area contributed by atoms with Gasteiger partial charge in [-0.1, -0.05) is 30.3 Å². The molecule has 2 aromatic carbocycles. The van der Waals surface area contributed by atoms with Crippen LogP contribution in [-0.4, -0.2) is 23.0 Å². The Morgan fingerprint density at radius 3 is 2.68 bits per heavy atom. The van der Waals surface area contributed by atoms with Crippen LogP contribution in [0.5, 0.6) is 5.75 Å². The van der Waals surface area contributed by atoms with Gasteiger partial charge in [0.15, 0.2) is 0 Å². The lowest BCUT2D eigenvalue weighted by molar-refractivity contribution is 0.102. The molecule has 2 heterocycles. The Hall–Kier alpha value is -3.73. The van der Waals surface area contributed by atoms with Gasteiger partial charge in [-0.3, -0.25) is 14.8 Å². The molecule has 1 amide bonds. The fraction of sp³-hybridized carbons (Fsp3) is 0.0870. The first-order chi connectivity index (χ1) is 13.7. The molecule has 4 aromatic rings. The molecule has 0 radical (unpaired) electrons. The molecule has 138 valence electrons. The highest BCUT2D eigenvalue weighted by Gasteiger charge is 2.16. The highest BCUT2D eigenvalue weighted by molar-refractivity contribution is 6.07. The highest BCUT2D eigenvalue weighted by atomic mass is 16.5. The van der Waals surface area contributed by atoms with Crippen LogP contribution < -0.4 is 10.1 Å². The minimum atomic E-state index is -0.227. The summed E-state index contributed by atoms with van der Waals surface area (Å²) in [6.45, 7) is 1.93. The molecule has 2 aromatic heterocycles. The van der Waals surface area contributed by atoms with Gasteiger partial charge in [0.25, 0.3) is 5.91 Å². The molecule has 5 nitrogen and oxygen atoms in total. The van der Waals surface area contributed by atoms with Gasteiger partial charge in [-0.2, -0.15) is 0 Å². The van der Waals surface area contributed by atoms with Gasteiger partial charge < -0.3 is 10.1 Å². The summed E-state index contributed by atoms with van der Waals surface area (Å²) in [7, 11) is 1.58. The molecule has 0 unspecified atom stereocenters. The minimum absolute atomic E-state index is 0.227. The van der Waals surface area contributed by atoms with E-state index in [4.69, 9.17) is 4.74 Å². The van der Waals surface area contributed by atoms with E-state index in [0.29, 0.717) is 17.0 Å². The molecule has 0 fully saturated rings. The van der Waals surface area contributed by atoms with E-state index < -0.39 is 0 Å². The Balaban J connectivity index is 1.76. The van der Waals surface area contributed by atoms with Crippen molar-refractivity contribution in [1.29, 1.82) is 0 Å². The van der Waals surface area contributed by atoms with Gasteiger partial charge in [0, 0.05) is 29.5 Å². The van der Waals surface area contributed by atoms with Crippen molar-refractivity contribution in [2.45, 2.75) is 6.92 Å². The number of hydrogen-bond acceptors (Lipinski definition) is 4. The second kappa shape index (κ2) is 7.48. The molecular formula is C23H19N3O2. The number of fused-ring (bicyclic) bond motifs is 1. The van der Waals surface area contributed by atoms with Gasteiger partial charge in [0.05, 0.1) is 23.9 Å². The summed E-state index contributed by atoms with van der Waals surface area (Å²) in [5.41, 5.74) is 4.81. The zero-order chi connectivity index (χ0) is 19.5. The Morgan fingerprint density at radius 2 is 1.82 bits per heavy atom. The molecule has 0 saturated heterocycles. The first-order valence-corrected chi connectivity index (χ1v) is 8.92. The van der Waals surface area contributed by atoms with E-state index in [1.165, 1.54) is 0 Å². The first-order valence-electron chi connectivity index (χ1n) is 8.92. The number of aromatic nitrogens is 2. The molecule has 1 N–H and O–H groups in total. The predicted molar refractivity (Wildman–Crippen MR) is 111 cm³/mol. The van der Waals surface area contributed by atoms with Crippen LogP contribution in [0.4, 0.5) is 5.69 Å². The summed E-state index contributed by atoms with van der Waals surface area (Å²) in [5.74, 6) is 0.382. The monoisotopic (exact) mass is 369 g/mol. The third kappa shape index (κ3) is 3.18. The fourth-order valence-corrected chi connectivity index (χ4v) is 3.30. The molecule has 0 aliphatic heterocycles. The molecular weight excluding hydrogens is 350 g/mol. The normalized spacial score (nSPS) is 10.6. The third-order valence-corrected chi connectivity index (χ3v) is 4.75. The van der Waals surface area contributed by atoms with Crippen LogP contribution in [-0.2, 0) is 0 Å². The van der Waals surface area contributed by atoms with E-state index in [1.54, 1.807) is 37.8 Å². The number of ether oxygens (including phenoxy) is 1. The van der Waals surface area contributed by atoms with E-state index in [2.05, 4.69) is 15.3 Å². The SMILES string of the molecule is COc1ccccc1NC(=O)c1cncc(-c2cccc3ncccc23)c1C. The smallest absolute Gasteiger partial charge is 0.257 e. The molecule has 0 aliphatic rings. The van der Waals surface area contributed by atoms with E-state index in [-0.39, 0.29) is 5.91 Å². The fourth-order valence-electron chi connectivity index (χ4n) is 3.30. The summed E-state index contributed by atoms with van der Waals surface area (Å²) >= 11 is 0. The summed E-state index contributed by atoms with van der Waals surface area (Å²) in [4.78, 5) is 21.7. The van der Waals surface area contributed by atoms with Gasteiger partial charge in [-0.25, -0.2) is 0 Å². The van der Waals surface area contributed by atoms with Crippen molar-refractivity contribution in [3.63, 3.8) is 0 Å². The Labute approximate surface area is 163 Å². The third-order valence-electron chi connectivity index (χ3n) is 4.75. The zero-order valence-electron chi connectivity index (χ0n) is 15.6. The number of carbonyl (C=O) groups is 1. The highest BCUT2D eigenvalue weighted by Crippen LogP contribution is 2.31. The number of para-hydroxylation sites is 2. The van der Waals surface area contributed by atoms with Gasteiger partial charge >= 0.3 is 0 Å². The van der Waals surface area contributed by atoms with Crippen molar-refractivity contribution in [3.05, 3.63) is 84.3 Å². The zero-order valence-corrected chi connectivity index (χ0v) is 15.6. The van der Waals surface area contributed by atoms with Crippen molar-refractivity contribution in [3.8, 4) is 16.9 Å². The van der Waals surface area contributed by atoms with Crippen molar-refractivity contribution in [2.75, 3.05) is 12.4 Å². The number of rotatable bonds is 4. The Kier molecular flexibility index (Phi) is 4.72. The predicted octanol–water partition coefficient (Wildman–Crippen LogP) is 4.87. The number of methoxy groups -OCH3 is 1. The van der Waals surface area contributed by atoms with Gasteiger partial charge in [0.2, 0.25) is 0 Å². The maximum Gasteiger partial charge on any atom is 0.257 e. The van der Waals surface area contributed by atoms with Crippen molar-refractivity contribution < 1.29 is 9.53 Å². The summed E-state index contributed by atoms with van der Waals surface area (Å²) in [6, 6.07) is 17.2. The second-order valence-electron chi connectivity index (χ2n) is 6.39. The van der Waals surface area contributed by atoms with E-state index in [9.17, 15) is 4.79 Å². The lowest BCUT2D eigenvalue weighted by Gasteiger charge is -2.14. The van der Waals surface area contributed by atoms with E-state index >= 15 is 0 Å². The maximum absolute atomic E-state index is 12.9. The Morgan fingerprint density at radius 1 is 0.964 bits per heavy atom. The molecule has 0 atom stereocenters. The van der Waals surface area contributed by atoms with Crippen LogP contribution in [0.2, 0.25) is 0 Å². The van der Waals surface area contributed by atoms with Crippen molar-refractivity contribution >= 4 is 22.5 Å². The second-order valence-corrected chi connectivity index (χ2v) is 6.39. The summed E-state index contributed by atoms with van der Waals surface area (Å²) < 4.78 is 5.32. The van der Waals surface area contributed by atoms with Crippen LogP contribution in [0.3, 0.4) is 0 Å². The summed E-state index contributed by atoms with van der Waals surface area (Å²) in [6.07, 6.45) is 5.15. The molecule has 0 spiro atoms. The number of amides is 1. The van der Waals surface area contributed by atoms with Crippen LogP contribution >= 0.6 is 0 Å². The maximum atomic E-state index is 12.9. The number of pyridine rings is 2. The number of anilines is 1. The largest absolute Gasteiger partial charge is 0.495 e. The van der Waals surface area contributed by atoms with Gasteiger partial charge in [-0.15, -0.1) is 0 Å². The molecule has 0 aliphatic carbocycles. The minimum Gasteiger partial charge on any atom is -0.495 e. The van der Waals surface area contributed by atoms with Crippen molar-refractivity contribution in [1.82, 2.24) is 9.97 Å². The molecule has 5 heteroatoms. The number of carbonyl (C=O) groups excluding carboxylic acids is 1. The van der Waals surface area contributed by atoms with Crippen LogP contribution in [0.1, 0.15) is 15.9 Å². The van der Waals surface area contributed by atoms with Gasteiger partial charge in [-0.05, 0) is 42.3 Å². The quantitative estimate of drug-likeness (QED) is 0.558. The number of nitrogens with one attached hydrogen (secondary N) is 1. The number of hydrogen-bond donors (Lipinski definition) is 1. The van der Waals surface area contributed by atoms with Crippen LogP contribution in [0.15, 0.2) is 73.2 Å². The standard InChI is InChI=1S/C23H19N3O2/c1-15-18(16-7-5-10-20-17(16)8-6-12-25-20)13-24-14-19(15)23(27)26-21-9-3-4-11-22(21)28-2/h3-14H,1-2H3,(H,26,27). The number of benzene rings is 2. The van der Waals surface area contributed by atoms with Crippen molar-refractivity contribution in [2.24, 2.45) is 0 Å². The average Bonchev–Trinajstić information content (AvgIpc) is 2.74.